The van der Waals surface area contributed by atoms with Gasteiger partial charge in [-0.2, -0.15) is 8.78 Å². The lowest BCUT2D eigenvalue weighted by Crippen LogP contribution is -2.10. The Labute approximate surface area is 121 Å². The van der Waals surface area contributed by atoms with E-state index in [1.54, 1.807) is 30.3 Å². The molecule has 5 heteroatoms. The molecule has 0 aliphatic heterocycles. The van der Waals surface area contributed by atoms with Crippen LogP contribution in [-0.4, -0.2) is 6.61 Å². The van der Waals surface area contributed by atoms with Crippen molar-refractivity contribution >= 4 is 17.3 Å². The first-order valence-corrected chi connectivity index (χ1v) is 6.50. The van der Waals surface area contributed by atoms with Crippen LogP contribution in [0.25, 0.3) is 0 Å². The van der Waals surface area contributed by atoms with Crippen LogP contribution in [0.1, 0.15) is 18.5 Å². The maximum absolute atomic E-state index is 12.4. The summed E-state index contributed by atoms with van der Waals surface area (Å²) in [4.78, 5) is 0. The molecule has 1 N–H and O–H groups in total. The average Bonchev–Trinajstić information content (AvgIpc) is 2.41. The Hall–Kier alpha value is -1.81. The van der Waals surface area contributed by atoms with Crippen LogP contribution in [0, 0.1) is 0 Å². The van der Waals surface area contributed by atoms with Gasteiger partial charge >= 0.3 is 6.61 Å². The highest BCUT2D eigenvalue weighted by Crippen LogP contribution is 2.29. The van der Waals surface area contributed by atoms with Crippen LogP contribution in [-0.2, 0) is 0 Å². The Kier molecular flexibility index (Phi) is 4.79. The molecule has 0 amide bonds. The molecular formula is C15H14ClF2NO. The maximum Gasteiger partial charge on any atom is 0.387 e. The minimum atomic E-state index is -2.83. The fraction of sp³-hybridized carbons (Fsp3) is 0.200. The molecule has 0 spiro atoms. The predicted octanol–water partition coefficient (Wildman–Crippen LogP) is 5.11. The van der Waals surface area contributed by atoms with Gasteiger partial charge in [-0.1, -0.05) is 29.8 Å². The Bertz CT molecular complexity index is 560. The van der Waals surface area contributed by atoms with E-state index < -0.39 is 6.61 Å². The van der Waals surface area contributed by atoms with Crippen molar-refractivity contribution in [3.05, 3.63) is 59.1 Å². The van der Waals surface area contributed by atoms with E-state index in [4.69, 9.17) is 11.6 Å². The molecule has 106 valence electrons. The standard InChI is InChI=1S/C15H14ClF2NO/c1-10(19-12-8-6-11(16)7-9-12)13-4-2-3-5-14(13)20-15(17)18/h2-10,15,19H,1H3. The van der Waals surface area contributed by atoms with Gasteiger partial charge in [0.05, 0.1) is 6.04 Å². The SMILES string of the molecule is CC(Nc1ccc(Cl)cc1)c1ccccc1OC(F)F. The maximum atomic E-state index is 12.4. The van der Waals surface area contributed by atoms with Crippen LogP contribution in [0.2, 0.25) is 5.02 Å². The van der Waals surface area contributed by atoms with Gasteiger partial charge in [0.25, 0.3) is 0 Å². The molecule has 0 bridgehead atoms. The molecule has 2 nitrogen and oxygen atoms in total. The predicted molar refractivity (Wildman–Crippen MR) is 76.6 cm³/mol. The smallest absolute Gasteiger partial charge is 0.387 e. The zero-order valence-electron chi connectivity index (χ0n) is 10.8. The molecular weight excluding hydrogens is 284 g/mol. The lowest BCUT2D eigenvalue weighted by atomic mass is 10.1. The third-order valence-electron chi connectivity index (χ3n) is 2.83. The van der Waals surface area contributed by atoms with E-state index in [1.165, 1.54) is 6.07 Å². The highest BCUT2D eigenvalue weighted by Gasteiger charge is 2.14. The average molecular weight is 298 g/mol. The van der Waals surface area contributed by atoms with E-state index in [0.29, 0.717) is 10.6 Å². The number of para-hydroxylation sites is 1. The molecule has 0 saturated heterocycles. The van der Waals surface area contributed by atoms with Gasteiger partial charge in [0.2, 0.25) is 0 Å². The van der Waals surface area contributed by atoms with Gasteiger partial charge in [-0.3, -0.25) is 0 Å². The summed E-state index contributed by atoms with van der Waals surface area (Å²) in [5, 5.41) is 3.86. The highest BCUT2D eigenvalue weighted by atomic mass is 35.5. The normalized spacial score (nSPS) is 12.2. The van der Waals surface area contributed by atoms with Crippen LogP contribution < -0.4 is 10.1 Å². The van der Waals surface area contributed by atoms with Crippen molar-refractivity contribution in [3.63, 3.8) is 0 Å². The van der Waals surface area contributed by atoms with E-state index in [0.717, 1.165) is 5.69 Å². The van der Waals surface area contributed by atoms with Crippen molar-refractivity contribution in [2.24, 2.45) is 0 Å². The number of alkyl halides is 2. The van der Waals surface area contributed by atoms with Gasteiger partial charge in [0.1, 0.15) is 5.75 Å². The number of hydrogen-bond acceptors (Lipinski definition) is 2. The number of rotatable bonds is 5. The molecule has 0 saturated carbocycles. The first-order valence-electron chi connectivity index (χ1n) is 6.12. The van der Waals surface area contributed by atoms with Crippen LogP contribution in [0.5, 0.6) is 5.75 Å². The Morgan fingerprint density at radius 2 is 1.70 bits per heavy atom. The summed E-state index contributed by atoms with van der Waals surface area (Å²) in [6.45, 7) is -0.957. The van der Waals surface area contributed by atoms with Gasteiger partial charge in [-0.15, -0.1) is 0 Å². The van der Waals surface area contributed by atoms with Crippen molar-refractivity contribution < 1.29 is 13.5 Å². The Morgan fingerprint density at radius 1 is 1.05 bits per heavy atom. The fourth-order valence-electron chi connectivity index (χ4n) is 1.92. The minimum absolute atomic E-state index is 0.175. The second kappa shape index (κ2) is 6.57. The summed E-state index contributed by atoms with van der Waals surface area (Å²) in [6, 6.07) is 13.7. The largest absolute Gasteiger partial charge is 0.434 e. The number of ether oxygens (including phenoxy) is 1. The molecule has 2 aromatic carbocycles. The number of benzene rings is 2. The van der Waals surface area contributed by atoms with E-state index in [2.05, 4.69) is 10.1 Å². The lowest BCUT2D eigenvalue weighted by Gasteiger charge is -2.19. The molecule has 0 radical (unpaired) electrons. The highest BCUT2D eigenvalue weighted by molar-refractivity contribution is 6.30. The zero-order valence-corrected chi connectivity index (χ0v) is 11.6. The van der Waals surface area contributed by atoms with Crippen LogP contribution >= 0.6 is 11.6 Å². The molecule has 0 aromatic heterocycles. The number of hydrogen-bond donors (Lipinski definition) is 1. The van der Waals surface area contributed by atoms with E-state index in [-0.39, 0.29) is 11.8 Å². The molecule has 0 aliphatic carbocycles. The molecule has 2 aromatic rings. The van der Waals surface area contributed by atoms with Crippen LogP contribution in [0.15, 0.2) is 48.5 Å². The van der Waals surface area contributed by atoms with Gasteiger partial charge in [0, 0.05) is 16.3 Å². The van der Waals surface area contributed by atoms with Gasteiger partial charge in [-0.05, 0) is 37.3 Å². The monoisotopic (exact) mass is 297 g/mol. The minimum Gasteiger partial charge on any atom is -0.434 e. The number of nitrogens with one attached hydrogen (secondary N) is 1. The second-order valence-electron chi connectivity index (χ2n) is 4.29. The van der Waals surface area contributed by atoms with Crippen molar-refractivity contribution in [3.8, 4) is 5.75 Å². The van der Waals surface area contributed by atoms with Gasteiger partial charge in [-0.25, -0.2) is 0 Å². The number of halogens is 3. The van der Waals surface area contributed by atoms with Crippen molar-refractivity contribution in [1.82, 2.24) is 0 Å². The van der Waals surface area contributed by atoms with E-state index in [9.17, 15) is 8.78 Å². The summed E-state index contributed by atoms with van der Waals surface area (Å²) in [5.74, 6) is 0.177. The van der Waals surface area contributed by atoms with Crippen LogP contribution in [0.4, 0.5) is 14.5 Å². The summed E-state index contributed by atoms with van der Waals surface area (Å²) in [7, 11) is 0. The first-order chi connectivity index (χ1) is 9.56. The fourth-order valence-corrected chi connectivity index (χ4v) is 2.04. The summed E-state index contributed by atoms with van der Waals surface area (Å²) < 4.78 is 29.3. The zero-order chi connectivity index (χ0) is 14.5. The second-order valence-corrected chi connectivity index (χ2v) is 4.73. The molecule has 2 rings (SSSR count). The summed E-state index contributed by atoms with van der Waals surface area (Å²) in [6.07, 6.45) is 0. The lowest BCUT2D eigenvalue weighted by molar-refractivity contribution is -0.0505. The van der Waals surface area contributed by atoms with Crippen LogP contribution in [0.3, 0.4) is 0 Å². The van der Waals surface area contributed by atoms with Crippen molar-refractivity contribution in [2.45, 2.75) is 19.6 Å². The topological polar surface area (TPSA) is 21.3 Å². The molecule has 20 heavy (non-hydrogen) atoms. The van der Waals surface area contributed by atoms with Gasteiger partial charge in [0.15, 0.2) is 0 Å². The summed E-state index contributed by atoms with van der Waals surface area (Å²) in [5.41, 5.74) is 1.52. The molecule has 0 heterocycles. The quantitative estimate of drug-likeness (QED) is 0.827. The Balaban J connectivity index is 2.16. The molecule has 0 fully saturated rings. The molecule has 1 unspecified atom stereocenters. The first kappa shape index (κ1) is 14.6. The third kappa shape index (κ3) is 3.84. The molecule has 1 atom stereocenters. The molecule has 0 aliphatic rings. The van der Waals surface area contributed by atoms with E-state index in [1.807, 2.05) is 19.1 Å². The third-order valence-corrected chi connectivity index (χ3v) is 3.08. The van der Waals surface area contributed by atoms with Crippen molar-refractivity contribution in [1.29, 1.82) is 0 Å². The number of anilines is 1. The van der Waals surface area contributed by atoms with Gasteiger partial charge < -0.3 is 10.1 Å². The summed E-state index contributed by atoms with van der Waals surface area (Å²) >= 11 is 5.82. The van der Waals surface area contributed by atoms with E-state index >= 15 is 0 Å². The Morgan fingerprint density at radius 3 is 2.35 bits per heavy atom. The van der Waals surface area contributed by atoms with Crippen molar-refractivity contribution in [2.75, 3.05) is 5.32 Å².